The van der Waals surface area contributed by atoms with E-state index in [2.05, 4.69) is 32.9 Å². The molecule has 1 atom stereocenters. The number of hydrogen-bond donors (Lipinski definition) is 0. The Balaban J connectivity index is 4.33. The molecule has 40 heavy (non-hydrogen) atoms. The van der Waals surface area contributed by atoms with Gasteiger partial charge < -0.3 is 14.2 Å². The first-order valence-corrected chi connectivity index (χ1v) is 16.7. The zero-order valence-corrected chi connectivity index (χ0v) is 26.4. The van der Waals surface area contributed by atoms with E-state index < -0.39 is 6.10 Å². The second-order valence-corrected chi connectivity index (χ2v) is 11.1. The highest BCUT2D eigenvalue weighted by molar-refractivity contribution is 5.71. The Morgan fingerprint density at radius 3 is 1.35 bits per heavy atom. The van der Waals surface area contributed by atoms with Gasteiger partial charge in [-0.3, -0.25) is 14.4 Å². The molecule has 6 nitrogen and oxygen atoms in total. The molecular weight excluding hydrogens is 504 g/mol. The summed E-state index contributed by atoms with van der Waals surface area (Å²) in [5.41, 5.74) is 0. The Morgan fingerprint density at radius 1 is 0.475 bits per heavy atom. The Labute approximate surface area is 246 Å². The zero-order valence-electron chi connectivity index (χ0n) is 26.4. The van der Waals surface area contributed by atoms with Crippen molar-refractivity contribution in [2.45, 2.75) is 175 Å². The van der Waals surface area contributed by atoms with Crippen molar-refractivity contribution in [2.75, 3.05) is 13.2 Å². The number of rotatable bonds is 29. The van der Waals surface area contributed by atoms with Crippen LogP contribution in [0.5, 0.6) is 0 Å². The van der Waals surface area contributed by atoms with Gasteiger partial charge in [-0.05, 0) is 38.5 Å². The van der Waals surface area contributed by atoms with Crippen LogP contribution in [0.2, 0.25) is 0 Å². The highest BCUT2D eigenvalue weighted by Gasteiger charge is 2.19. The average Bonchev–Trinajstić information content (AvgIpc) is 2.95. The molecule has 0 rings (SSSR count). The molecule has 0 aliphatic carbocycles. The Kier molecular flexibility index (Phi) is 28.7. The first-order valence-electron chi connectivity index (χ1n) is 16.7. The fraction of sp³-hybridized carbons (Fsp3) is 0.853. The maximum atomic E-state index is 12.4. The summed E-state index contributed by atoms with van der Waals surface area (Å²) >= 11 is 0. The van der Waals surface area contributed by atoms with Gasteiger partial charge in [0.25, 0.3) is 0 Å². The highest BCUT2D eigenvalue weighted by atomic mass is 16.6. The largest absolute Gasteiger partial charge is 0.462 e. The van der Waals surface area contributed by atoms with Gasteiger partial charge in [0, 0.05) is 19.3 Å². The van der Waals surface area contributed by atoms with Crippen LogP contribution in [0.1, 0.15) is 168 Å². The molecule has 0 N–H and O–H groups in total. The molecule has 0 aromatic heterocycles. The molecular formula is C34H62O6. The molecule has 1 unspecified atom stereocenters. The van der Waals surface area contributed by atoms with Crippen LogP contribution in [0.3, 0.4) is 0 Å². The monoisotopic (exact) mass is 566 g/mol. The number of unbranched alkanes of at least 4 members (excludes halogenated alkanes) is 16. The van der Waals surface area contributed by atoms with Crippen molar-refractivity contribution in [1.29, 1.82) is 0 Å². The van der Waals surface area contributed by atoms with E-state index >= 15 is 0 Å². The van der Waals surface area contributed by atoms with Crippen molar-refractivity contribution < 1.29 is 28.6 Å². The SMILES string of the molecule is CCC/C=C\CCCCCCCC(=O)OCC(COC(=O)CCCCCCCC)OC(=O)CCCCCCCC. The lowest BCUT2D eigenvalue weighted by Crippen LogP contribution is -2.30. The summed E-state index contributed by atoms with van der Waals surface area (Å²) in [5, 5.41) is 0. The molecule has 0 spiro atoms. The van der Waals surface area contributed by atoms with Crippen molar-refractivity contribution >= 4 is 17.9 Å². The van der Waals surface area contributed by atoms with Crippen LogP contribution in [0.25, 0.3) is 0 Å². The van der Waals surface area contributed by atoms with Crippen molar-refractivity contribution in [1.82, 2.24) is 0 Å². The van der Waals surface area contributed by atoms with Crippen LogP contribution >= 0.6 is 0 Å². The number of hydrogen-bond acceptors (Lipinski definition) is 6. The van der Waals surface area contributed by atoms with Crippen molar-refractivity contribution in [3.63, 3.8) is 0 Å². The molecule has 6 heteroatoms. The van der Waals surface area contributed by atoms with Gasteiger partial charge in [-0.2, -0.15) is 0 Å². The highest BCUT2D eigenvalue weighted by Crippen LogP contribution is 2.12. The first-order chi connectivity index (χ1) is 19.5. The number of carbonyl (C=O) groups excluding carboxylic acids is 3. The van der Waals surface area contributed by atoms with E-state index in [-0.39, 0.29) is 31.1 Å². The third-order valence-electron chi connectivity index (χ3n) is 7.00. The van der Waals surface area contributed by atoms with Crippen molar-refractivity contribution in [3.05, 3.63) is 12.2 Å². The third-order valence-corrected chi connectivity index (χ3v) is 7.00. The number of allylic oxidation sites excluding steroid dienone is 2. The van der Waals surface area contributed by atoms with Crippen LogP contribution in [0.15, 0.2) is 12.2 Å². The van der Waals surface area contributed by atoms with Gasteiger partial charge in [-0.15, -0.1) is 0 Å². The second-order valence-electron chi connectivity index (χ2n) is 11.1. The van der Waals surface area contributed by atoms with Gasteiger partial charge in [0.15, 0.2) is 6.10 Å². The predicted octanol–water partition coefficient (Wildman–Crippen LogP) is 9.57. The Bertz CT molecular complexity index is 630. The summed E-state index contributed by atoms with van der Waals surface area (Å²) < 4.78 is 16.4. The van der Waals surface area contributed by atoms with Gasteiger partial charge in [0.2, 0.25) is 0 Å². The third kappa shape index (κ3) is 27.7. The van der Waals surface area contributed by atoms with Gasteiger partial charge in [-0.1, -0.05) is 123 Å². The molecule has 0 fully saturated rings. The standard InChI is InChI=1S/C34H62O6/c1-4-7-10-13-16-17-18-19-22-24-27-33(36)39-30-31(40-34(37)28-25-21-15-12-9-6-3)29-38-32(35)26-23-20-14-11-8-5-2/h10,13,31H,4-9,11-12,14-30H2,1-3H3/b13-10-. The minimum absolute atomic E-state index is 0.0725. The van der Waals surface area contributed by atoms with Crippen LogP contribution in [0, 0.1) is 0 Å². The van der Waals surface area contributed by atoms with E-state index in [1.54, 1.807) is 0 Å². The van der Waals surface area contributed by atoms with Gasteiger partial charge in [0.05, 0.1) is 0 Å². The van der Waals surface area contributed by atoms with E-state index in [1.807, 2.05) is 0 Å². The summed E-state index contributed by atoms with van der Waals surface area (Å²) in [7, 11) is 0. The molecule has 0 aliphatic heterocycles. The van der Waals surface area contributed by atoms with Crippen molar-refractivity contribution in [2.24, 2.45) is 0 Å². The molecule has 0 saturated carbocycles. The van der Waals surface area contributed by atoms with E-state index in [4.69, 9.17) is 14.2 Å². The molecule has 0 saturated heterocycles. The second kappa shape index (κ2) is 30.1. The van der Waals surface area contributed by atoms with Crippen LogP contribution in [0.4, 0.5) is 0 Å². The molecule has 0 radical (unpaired) electrons. The fourth-order valence-corrected chi connectivity index (χ4v) is 4.44. The molecule has 0 aliphatic rings. The normalized spacial score (nSPS) is 12.0. The van der Waals surface area contributed by atoms with Crippen molar-refractivity contribution in [3.8, 4) is 0 Å². The lowest BCUT2D eigenvalue weighted by atomic mass is 10.1. The maximum absolute atomic E-state index is 12.4. The summed E-state index contributed by atoms with van der Waals surface area (Å²) in [4.78, 5) is 36.9. The van der Waals surface area contributed by atoms with Crippen LogP contribution in [-0.4, -0.2) is 37.2 Å². The zero-order chi connectivity index (χ0) is 29.5. The smallest absolute Gasteiger partial charge is 0.306 e. The average molecular weight is 567 g/mol. The molecule has 0 aromatic rings. The molecule has 0 amide bonds. The minimum atomic E-state index is -0.759. The van der Waals surface area contributed by atoms with Gasteiger partial charge in [0.1, 0.15) is 13.2 Å². The Morgan fingerprint density at radius 2 is 0.875 bits per heavy atom. The predicted molar refractivity (Wildman–Crippen MR) is 164 cm³/mol. The summed E-state index contributed by atoms with van der Waals surface area (Å²) in [6.07, 6.45) is 26.6. The topological polar surface area (TPSA) is 78.9 Å². The van der Waals surface area contributed by atoms with E-state index in [0.29, 0.717) is 19.3 Å². The molecule has 0 heterocycles. The lowest BCUT2D eigenvalue weighted by molar-refractivity contribution is -0.167. The number of carbonyl (C=O) groups is 3. The van der Waals surface area contributed by atoms with Crippen LogP contribution in [-0.2, 0) is 28.6 Å². The summed E-state index contributed by atoms with van der Waals surface area (Å²) in [6.45, 7) is 6.40. The van der Waals surface area contributed by atoms with E-state index in [9.17, 15) is 14.4 Å². The minimum Gasteiger partial charge on any atom is -0.462 e. The maximum Gasteiger partial charge on any atom is 0.306 e. The molecule has 0 aromatic carbocycles. The number of esters is 3. The van der Waals surface area contributed by atoms with Crippen LogP contribution < -0.4 is 0 Å². The number of ether oxygens (including phenoxy) is 3. The summed E-state index contributed by atoms with van der Waals surface area (Å²) in [6, 6.07) is 0. The Hall–Kier alpha value is -1.85. The van der Waals surface area contributed by atoms with E-state index in [0.717, 1.165) is 70.6 Å². The summed E-state index contributed by atoms with van der Waals surface area (Å²) in [5.74, 6) is -0.912. The molecule has 0 bridgehead atoms. The van der Waals surface area contributed by atoms with Gasteiger partial charge in [-0.25, -0.2) is 0 Å². The van der Waals surface area contributed by atoms with Gasteiger partial charge >= 0.3 is 17.9 Å². The molecule has 234 valence electrons. The first kappa shape index (κ1) is 38.1. The van der Waals surface area contributed by atoms with E-state index in [1.165, 1.54) is 57.8 Å². The lowest BCUT2D eigenvalue weighted by Gasteiger charge is -2.18. The quantitative estimate of drug-likeness (QED) is 0.0388. The fourth-order valence-electron chi connectivity index (χ4n) is 4.44.